The van der Waals surface area contributed by atoms with Crippen LogP contribution in [0.5, 0.6) is 0 Å². The van der Waals surface area contributed by atoms with Crippen molar-refractivity contribution in [2.75, 3.05) is 0 Å². The SMILES string of the molecule is O=C(O)CCCCCCCCC(=O)c1ccc(-c2ccccc2)cc1. The minimum Gasteiger partial charge on any atom is -0.481 e. The Labute approximate surface area is 149 Å². The molecule has 0 aliphatic heterocycles. The molecule has 2 aromatic carbocycles. The normalized spacial score (nSPS) is 10.6. The summed E-state index contributed by atoms with van der Waals surface area (Å²) >= 11 is 0. The first-order valence-electron chi connectivity index (χ1n) is 9.07. The Hall–Kier alpha value is -2.42. The second-order valence-electron chi connectivity index (χ2n) is 6.38. The second-order valence-corrected chi connectivity index (χ2v) is 6.38. The zero-order valence-electron chi connectivity index (χ0n) is 14.6. The Balaban J connectivity index is 1.66. The summed E-state index contributed by atoms with van der Waals surface area (Å²) in [5, 5.41) is 8.57. The smallest absolute Gasteiger partial charge is 0.303 e. The fourth-order valence-corrected chi connectivity index (χ4v) is 2.89. The lowest BCUT2D eigenvalue weighted by Gasteiger charge is -2.05. The van der Waals surface area contributed by atoms with Crippen LogP contribution < -0.4 is 0 Å². The Kier molecular flexibility index (Phi) is 7.90. The molecule has 25 heavy (non-hydrogen) atoms. The molecule has 2 rings (SSSR count). The highest BCUT2D eigenvalue weighted by Crippen LogP contribution is 2.20. The summed E-state index contributed by atoms with van der Waals surface area (Å²) in [6, 6.07) is 18.0. The van der Waals surface area contributed by atoms with Crippen LogP contribution in [-0.4, -0.2) is 16.9 Å². The van der Waals surface area contributed by atoms with Gasteiger partial charge in [-0.1, -0.05) is 80.3 Å². The van der Waals surface area contributed by atoms with Crippen LogP contribution in [0.1, 0.15) is 61.7 Å². The topological polar surface area (TPSA) is 54.4 Å². The minimum atomic E-state index is -0.719. The van der Waals surface area contributed by atoms with Gasteiger partial charge in [-0.2, -0.15) is 0 Å². The number of ketones is 1. The van der Waals surface area contributed by atoms with E-state index in [4.69, 9.17) is 5.11 Å². The third-order valence-electron chi connectivity index (χ3n) is 4.36. The lowest BCUT2D eigenvalue weighted by Crippen LogP contribution is -1.98. The van der Waals surface area contributed by atoms with Gasteiger partial charge in [0.15, 0.2) is 5.78 Å². The van der Waals surface area contributed by atoms with Crippen molar-refractivity contribution in [3.05, 3.63) is 60.2 Å². The maximum atomic E-state index is 12.2. The summed E-state index contributed by atoms with van der Waals surface area (Å²) in [5.74, 6) is -0.519. The van der Waals surface area contributed by atoms with Crippen molar-refractivity contribution in [1.82, 2.24) is 0 Å². The predicted octanol–water partition coefficient (Wildman–Crippen LogP) is 5.74. The van der Waals surface area contributed by atoms with Crippen molar-refractivity contribution in [3.8, 4) is 11.1 Å². The number of carboxylic acids is 1. The first-order valence-corrected chi connectivity index (χ1v) is 9.07. The summed E-state index contributed by atoms with van der Waals surface area (Å²) in [6.07, 6.45) is 6.60. The molecular weight excluding hydrogens is 312 g/mol. The molecule has 2 aromatic rings. The first kappa shape index (κ1) is 18.9. The Morgan fingerprint density at radius 2 is 1.16 bits per heavy atom. The van der Waals surface area contributed by atoms with Gasteiger partial charge in [-0.3, -0.25) is 9.59 Å². The van der Waals surface area contributed by atoms with Crippen LogP contribution in [0, 0.1) is 0 Å². The van der Waals surface area contributed by atoms with Gasteiger partial charge in [-0.05, 0) is 24.0 Å². The van der Waals surface area contributed by atoms with Crippen LogP contribution in [0.25, 0.3) is 11.1 Å². The fourth-order valence-electron chi connectivity index (χ4n) is 2.89. The molecule has 0 saturated heterocycles. The molecule has 0 spiro atoms. The molecule has 132 valence electrons. The van der Waals surface area contributed by atoms with E-state index in [9.17, 15) is 9.59 Å². The lowest BCUT2D eigenvalue weighted by atomic mass is 10.00. The van der Waals surface area contributed by atoms with E-state index < -0.39 is 5.97 Å². The van der Waals surface area contributed by atoms with E-state index in [1.165, 1.54) is 0 Å². The number of hydrogen-bond donors (Lipinski definition) is 1. The third-order valence-corrected chi connectivity index (χ3v) is 4.36. The fraction of sp³-hybridized carbons (Fsp3) is 0.364. The van der Waals surface area contributed by atoms with Crippen LogP contribution in [0.3, 0.4) is 0 Å². The largest absolute Gasteiger partial charge is 0.481 e. The number of carboxylic acid groups (broad SMARTS) is 1. The van der Waals surface area contributed by atoms with Crippen LogP contribution in [0.4, 0.5) is 0 Å². The second kappa shape index (κ2) is 10.4. The van der Waals surface area contributed by atoms with Crippen LogP contribution in [-0.2, 0) is 4.79 Å². The summed E-state index contributed by atoms with van der Waals surface area (Å²) in [7, 11) is 0. The summed E-state index contributed by atoms with van der Waals surface area (Å²) in [6.45, 7) is 0. The van der Waals surface area contributed by atoms with Crippen molar-refractivity contribution < 1.29 is 14.7 Å². The van der Waals surface area contributed by atoms with Crippen molar-refractivity contribution >= 4 is 11.8 Å². The number of hydrogen-bond acceptors (Lipinski definition) is 2. The standard InChI is InChI=1S/C22H26O3/c23-21(12-8-3-1-2-4-9-13-22(24)25)20-16-14-19(15-17-20)18-10-6-5-7-11-18/h5-7,10-11,14-17H,1-4,8-9,12-13H2,(H,24,25). The number of unbranched alkanes of at least 4 members (excludes halogenated alkanes) is 5. The molecule has 1 N–H and O–H groups in total. The summed E-state index contributed by atoms with van der Waals surface area (Å²) < 4.78 is 0. The highest BCUT2D eigenvalue weighted by molar-refractivity contribution is 5.96. The molecule has 0 fully saturated rings. The number of aliphatic carboxylic acids is 1. The lowest BCUT2D eigenvalue weighted by molar-refractivity contribution is -0.137. The van der Waals surface area contributed by atoms with E-state index in [-0.39, 0.29) is 12.2 Å². The molecule has 0 unspecified atom stereocenters. The van der Waals surface area contributed by atoms with Gasteiger partial charge in [0.1, 0.15) is 0 Å². The molecule has 3 heteroatoms. The van der Waals surface area contributed by atoms with Gasteiger partial charge in [0.25, 0.3) is 0 Å². The zero-order valence-corrected chi connectivity index (χ0v) is 14.6. The minimum absolute atomic E-state index is 0.200. The molecule has 0 amide bonds. The Bertz CT molecular complexity index is 659. The van der Waals surface area contributed by atoms with Crippen LogP contribution >= 0.6 is 0 Å². The highest BCUT2D eigenvalue weighted by Gasteiger charge is 2.06. The van der Waals surface area contributed by atoms with E-state index in [1.54, 1.807) is 0 Å². The first-order chi connectivity index (χ1) is 12.2. The van der Waals surface area contributed by atoms with E-state index in [0.717, 1.165) is 55.2 Å². The van der Waals surface area contributed by atoms with E-state index in [2.05, 4.69) is 12.1 Å². The van der Waals surface area contributed by atoms with Gasteiger partial charge in [-0.25, -0.2) is 0 Å². The van der Waals surface area contributed by atoms with Crippen LogP contribution in [0.15, 0.2) is 54.6 Å². The Morgan fingerprint density at radius 3 is 1.76 bits per heavy atom. The maximum Gasteiger partial charge on any atom is 0.303 e. The van der Waals surface area contributed by atoms with Crippen molar-refractivity contribution in [2.24, 2.45) is 0 Å². The van der Waals surface area contributed by atoms with Gasteiger partial charge in [-0.15, -0.1) is 0 Å². The quantitative estimate of drug-likeness (QED) is 0.420. The molecule has 0 saturated carbocycles. The molecule has 0 aliphatic carbocycles. The monoisotopic (exact) mass is 338 g/mol. The highest BCUT2D eigenvalue weighted by atomic mass is 16.4. The van der Waals surface area contributed by atoms with Crippen molar-refractivity contribution in [1.29, 1.82) is 0 Å². The molecule has 0 atom stereocenters. The van der Waals surface area contributed by atoms with Crippen molar-refractivity contribution in [3.63, 3.8) is 0 Å². The average molecular weight is 338 g/mol. The number of rotatable bonds is 11. The molecule has 0 aliphatic rings. The molecular formula is C22H26O3. The maximum absolute atomic E-state index is 12.2. The molecule has 0 aromatic heterocycles. The van der Waals surface area contributed by atoms with E-state index >= 15 is 0 Å². The molecule has 0 heterocycles. The molecule has 0 bridgehead atoms. The molecule has 3 nitrogen and oxygen atoms in total. The van der Waals surface area contributed by atoms with Crippen molar-refractivity contribution in [2.45, 2.75) is 51.4 Å². The van der Waals surface area contributed by atoms with Gasteiger partial charge in [0.05, 0.1) is 0 Å². The van der Waals surface area contributed by atoms with Gasteiger partial charge >= 0.3 is 5.97 Å². The average Bonchev–Trinajstić information content (AvgIpc) is 2.64. The summed E-state index contributed by atoms with van der Waals surface area (Å²) in [5.41, 5.74) is 3.06. The van der Waals surface area contributed by atoms with Crippen LogP contribution in [0.2, 0.25) is 0 Å². The van der Waals surface area contributed by atoms with E-state index in [1.807, 2.05) is 42.5 Å². The Morgan fingerprint density at radius 1 is 0.640 bits per heavy atom. The zero-order chi connectivity index (χ0) is 17.9. The third kappa shape index (κ3) is 6.92. The number of carbonyl (C=O) groups excluding carboxylic acids is 1. The molecule has 0 radical (unpaired) electrons. The van der Waals surface area contributed by atoms with Gasteiger partial charge < -0.3 is 5.11 Å². The predicted molar refractivity (Wildman–Crippen MR) is 101 cm³/mol. The number of benzene rings is 2. The number of Topliss-reactive ketones (excluding diaryl/α,β-unsaturated/α-hetero) is 1. The summed E-state index contributed by atoms with van der Waals surface area (Å²) in [4.78, 5) is 22.6. The van der Waals surface area contributed by atoms with Gasteiger partial charge in [0.2, 0.25) is 0 Å². The number of carbonyl (C=O) groups is 2. The van der Waals surface area contributed by atoms with Gasteiger partial charge in [0, 0.05) is 18.4 Å². The van der Waals surface area contributed by atoms with E-state index in [0.29, 0.717) is 6.42 Å².